The molecule has 5 nitrogen and oxygen atoms in total. The lowest BCUT2D eigenvalue weighted by Crippen LogP contribution is -2.46. The summed E-state index contributed by atoms with van der Waals surface area (Å²) in [6.07, 6.45) is -0.946. The molecule has 0 fully saturated rings. The first-order valence-corrected chi connectivity index (χ1v) is 4.53. The smallest absolute Gasteiger partial charge is 0.390 e. The Balaban J connectivity index is 4.00. The van der Waals surface area contributed by atoms with Crippen LogP contribution in [-0.4, -0.2) is 35.9 Å². The molecule has 0 bridgehead atoms. The second kappa shape index (κ2) is 6.62. The molecule has 0 spiro atoms. The van der Waals surface area contributed by atoms with Crippen molar-refractivity contribution in [1.29, 1.82) is 0 Å². The van der Waals surface area contributed by atoms with Crippen molar-refractivity contribution in [2.45, 2.75) is 25.1 Å². The normalized spacial score (nSPS) is 12.4. The molecule has 2 amide bonds. The molecule has 8 heteroatoms. The van der Waals surface area contributed by atoms with Crippen LogP contribution in [0.25, 0.3) is 0 Å². The van der Waals surface area contributed by atoms with Gasteiger partial charge >= 0.3 is 18.2 Å². The molecule has 0 heterocycles. The van der Waals surface area contributed by atoms with Crippen LogP contribution in [-0.2, 0) is 4.79 Å². The second-order valence-electron chi connectivity index (χ2n) is 3.06. The highest BCUT2D eigenvalue weighted by molar-refractivity contribution is 5.82. The highest BCUT2D eigenvalue weighted by Crippen LogP contribution is 2.17. The van der Waals surface area contributed by atoms with Crippen LogP contribution in [0.1, 0.15) is 12.8 Å². The Bertz CT molecular complexity index is 322. The Hall–Kier alpha value is -1.91. The molecule has 17 heavy (non-hydrogen) atoms. The van der Waals surface area contributed by atoms with Gasteiger partial charge < -0.3 is 15.7 Å². The van der Waals surface area contributed by atoms with Crippen LogP contribution in [0.4, 0.5) is 18.0 Å². The molecule has 1 unspecified atom stereocenters. The van der Waals surface area contributed by atoms with E-state index in [-0.39, 0.29) is 6.42 Å². The number of hydrogen-bond donors (Lipinski definition) is 3. The second-order valence-corrected chi connectivity index (χ2v) is 3.06. The van der Waals surface area contributed by atoms with Crippen molar-refractivity contribution in [3.8, 4) is 12.3 Å². The molecule has 0 saturated heterocycles. The number of carbonyl (C=O) groups excluding carboxylic acids is 1. The molecule has 0 aliphatic rings. The Kier molecular flexibility index (Phi) is 5.88. The van der Waals surface area contributed by atoms with Crippen LogP contribution in [0.15, 0.2) is 0 Å². The van der Waals surface area contributed by atoms with Crippen molar-refractivity contribution >= 4 is 12.0 Å². The van der Waals surface area contributed by atoms with Crippen molar-refractivity contribution in [2.75, 3.05) is 6.54 Å². The van der Waals surface area contributed by atoms with E-state index in [0.717, 1.165) is 0 Å². The van der Waals surface area contributed by atoms with Gasteiger partial charge in [-0.1, -0.05) is 0 Å². The Morgan fingerprint density at radius 3 is 2.41 bits per heavy atom. The lowest BCUT2D eigenvalue weighted by atomic mass is 10.2. The van der Waals surface area contributed by atoms with Crippen LogP contribution >= 0.6 is 0 Å². The Morgan fingerprint density at radius 2 is 2.00 bits per heavy atom. The molecule has 0 saturated carbocycles. The summed E-state index contributed by atoms with van der Waals surface area (Å²) in [5, 5.41) is 12.4. The molecule has 0 aliphatic carbocycles. The molecular weight excluding hydrogens is 241 g/mol. The van der Waals surface area contributed by atoms with E-state index in [4.69, 9.17) is 11.5 Å². The number of halogens is 3. The number of aliphatic carboxylic acids is 1. The van der Waals surface area contributed by atoms with Gasteiger partial charge in [0.2, 0.25) is 0 Å². The maximum atomic E-state index is 11.7. The van der Waals surface area contributed by atoms with Gasteiger partial charge in [-0.05, 0) is 0 Å². The molecule has 0 rings (SSSR count). The van der Waals surface area contributed by atoms with Crippen molar-refractivity contribution in [1.82, 2.24) is 10.6 Å². The molecular formula is C9H11F3N2O3. The minimum atomic E-state index is -4.38. The minimum absolute atomic E-state index is 0.248. The first-order valence-electron chi connectivity index (χ1n) is 4.53. The summed E-state index contributed by atoms with van der Waals surface area (Å²) in [5.74, 6) is 0.679. The summed E-state index contributed by atoms with van der Waals surface area (Å²) in [6.45, 7) is -0.627. The zero-order chi connectivity index (χ0) is 13.5. The fraction of sp³-hybridized carbons (Fsp3) is 0.556. The Morgan fingerprint density at radius 1 is 1.41 bits per heavy atom. The van der Waals surface area contributed by atoms with E-state index in [9.17, 15) is 22.8 Å². The third-order valence-electron chi connectivity index (χ3n) is 1.62. The first kappa shape index (κ1) is 15.1. The van der Waals surface area contributed by atoms with Crippen molar-refractivity contribution < 1.29 is 27.9 Å². The van der Waals surface area contributed by atoms with Crippen molar-refractivity contribution in [3.05, 3.63) is 0 Å². The number of terminal acetylenes is 1. The molecule has 0 aromatic carbocycles. The Labute approximate surface area is 95.4 Å². The minimum Gasteiger partial charge on any atom is -0.480 e. The van der Waals surface area contributed by atoms with Gasteiger partial charge in [-0.25, -0.2) is 9.59 Å². The first-order chi connectivity index (χ1) is 7.76. The number of rotatable bonds is 5. The zero-order valence-corrected chi connectivity index (χ0v) is 8.67. The molecule has 1 atom stereocenters. The third kappa shape index (κ3) is 7.96. The molecule has 0 radical (unpaired) electrons. The lowest BCUT2D eigenvalue weighted by Gasteiger charge is -2.13. The van der Waals surface area contributed by atoms with E-state index in [2.05, 4.69) is 0 Å². The highest BCUT2D eigenvalue weighted by Gasteiger charge is 2.27. The van der Waals surface area contributed by atoms with Gasteiger partial charge in [0.25, 0.3) is 0 Å². The summed E-state index contributed by atoms with van der Waals surface area (Å²) < 4.78 is 35.2. The van der Waals surface area contributed by atoms with Crippen LogP contribution in [0.5, 0.6) is 0 Å². The van der Waals surface area contributed by atoms with Gasteiger partial charge in [-0.15, -0.1) is 12.3 Å². The van der Waals surface area contributed by atoms with Crippen LogP contribution in [0, 0.1) is 12.3 Å². The third-order valence-corrected chi connectivity index (χ3v) is 1.62. The fourth-order valence-electron chi connectivity index (χ4n) is 0.845. The predicted molar refractivity (Wildman–Crippen MR) is 52.1 cm³/mol. The standard InChI is InChI=1S/C9H11F3N2O3/c1-2-3-6(7(15)16)14-8(17)13-5-4-9(10,11)12/h1,6H,3-5H2,(H,15,16)(H2,13,14,17). The summed E-state index contributed by atoms with van der Waals surface area (Å²) >= 11 is 0. The quantitative estimate of drug-likeness (QED) is 0.631. The topological polar surface area (TPSA) is 78.4 Å². The molecule has 0 aromatic heterocycles. The largest absolute Gasteiger partial charge is 0.480 e. The van der Waals surface area contributed by atoms with Crippen LogP contribution < -0.4 is 10.6 Å². The van der Waals surface area contributed by atoms with Gasteiger partial charge in [0, 0.05) is 13.0 Å². The number of carboxylic acids is 1. The maximum Gasteiger partial charge on any atom is 0.390 e. The van der Waals surface area contributed by atoms with Gasteiger partial charge in [-0.2, -0.15) is 13.2 Å². The molecule has 0 aliphatic heterocycles. The van der Waals surface area contributed by atoms with Crippen LogP contribution in [0.3, 0.4) is 0 Å². The number of hydrogen-bond acceptors (Lipinski definition) is 2. The van der Waals surface area contributed by atoms with Gasteiger partial charge in [0.1, 0.15) is 6.04 Å². The van der Waals surface area contributed by atoms with E-state index >= 15 is 0 Å². The maximum absolute atomic E-state index is 11.7. The monoisotopic (exact) mass is 252 g/mol. The van der Waals surface area contributed by atoms with E-state index in [1.54, 1.807) is 0 Å². The number of carboxylic acid groups (broad SMARTS) is 1. The fourth-order valence-corrected chi connectivity index (χ4v) is 0.845. The van der Waals surface area contributed by atoms with E-state index in [1.807, 2.05) is 16.6 Å². The molecule has 96 valence electrons. The lowest BCUT2D eigenvalue weighted by molar-refractivity contribution is -0.139. The SMILES string of the molecule is C#CCC(NC(=O)NCCC(F)(F)F)C(=O)O. The number of amides is 2. The average Bonchev–Trinajstić information content (AvgIpc) is 2.14. The summed E-state index contributed by atoms with van der Waals surface area (Å²) in [7, 11) is 0. The van der Waals surface area contributed by atoms with Gasteiger partial charge in [-0.3, -0.25) is 0 Å². The summed E-state index contributed by atoms with van der Waals surface area (Å²) in [6, 6.07) is -2.32. The van der Waals surface area contributed by atoms with Gasteiger partial charge in [0.15, 0.2) is 0 Å². The predicted octanol–water partition coefficient (Wildman–Crippen LogP) is 0.715. The zero-order valence-electron chi connectivity index (χ0n) is 8.67. The number of carbonyl (C=O) groups is 2. The van der Waals surface area contributed by atoms with Crippen molar-refractivity contribution in [3.63, 3.8) is 0 Å². The summed E-state index contributed by atoms with van der Waals surface area (Å²) in [5.41, 5.74) is 0. The highest BCUT2D eigenvalue weighted by atomic mass is 19.4. The van der Waals surface area contributed by atoms with E-state index in [0.29, 0.717) is 0 Å². The van der Waals surface area contributed by atoms with Crippen LogP contribution in [0.2, 0.25) is 0 Å². The number of urea groups is 1. The van der Waals surface area contributed by atoms with Crippen molar-refractivity contribution in [2.24, 2.45) is 0 Å². The van der Waals surface area contributed by atoms with E-state index in [1.165, 1.54) is 0 Å². The van der Waals surface area contributed by atoms with Gasteiger partial charge in [0.05, 0.1) is 6.42 Å². The number of nitrogens with one attached hydrogen (secondary N) is 2. The average molecular weight is 252 g/mol. The number of alkyl halides is 3. The molecule has 3 N–H and O–H groups in total. The van der Waals surface area contributed by atoms with E-state index < -0.39 is 37.2 Å². The molecule has 0 aromatic rings. The summed E-state index contributed by atoms with van der Waals surface area (Å²) in [4.78, 5) is 21.5.